The number of benzene rings is 10. The quantitative estimate of drug-likeness (QED) is 0.114. The van der Waals surface area contributed by atoms with Gasteiger partial charge < -0.3 is 19.6 Å². The van der Waals surface area contributed by atoms with Gasteiger partial charge in [-0.3, -0.25) is 0 Å². The van der Waals surface area contributed by atoms with Crippen LogP contribution in [0.4, 0.5) is 68.2 Å². The fourth-order valence-corrected chi connectivity index (χ4v) is 8.94. The Bertz CT molecular complexity index is 3150. The number of nitrogens with zero attached hydrogens (tertiary/aromatic N) is 4. The van der Waals surface area contributed by atoms with Gasteiger partial charge in [-0.25, -0.2) is 0 Å². The van der Waals surface area contributed by atoms with E-state index in [9.17, 15) is 0 Å². The van der Waals surface area contributed by atoms with Crippen LogP contribution in [-0.4, -0.2) is 0 Å². The van der Waals surface area contributed by atoms with Crippen LogP contribution in [0.2, 0.25) is 0 Å². The molecule has 0 saturated carbocycles. The molecule has 4 heteroatoms. The van der Waals surface area contributed by atoms with Gasteiger partial charge in [-0.05, 0) is 191 Å². The minimum atomic E-state index is 1.08. The Morgan fingerprint density at radius 2 is 0.304 bits per heavy atom. The van der Waals surface area contributed by atoms with E-state index in [0.717, 1.165) is 79.4 Å². The van der Waals surface area contributed by atoms with Crippen LogP contribution < -0.4 is 19.6 Å². The molecule has 0 N–H and O–H groups in total. The van der Waals surface area contributed by atoms with E-state index in [4.69, 9.17) is 0 Å². The molecule has 0 amide bonds. The summed E-state index contributed by atoms with van der Waals surface area (Å²) in [6.07, 6.45) is 0. The monoisotopic (exact) mass is 892 g/mol. The van der Waals surface area contributed by atoms with E-state index in [0.29, 0.717) is 0 Å². The summed E-state index contributed by atoms with van der Waals surface area (Å²) < 4.78 is 0. The molecule has 0 atom stereocenters. The summed E-state index contributed by atoms with van der Waals surface area (Å²) >= 11 is 0. The van der Waals surface area contributed by atoms with Crippen molar-refractivity contribution >= 4 is 68.2 Å². The van der Waals surface area contributed by atoms with Gasteiger partial charge in [0.25, 0.3) is 0 Å². The number of anilines is 12. The summed E-state index contributed by atoms with van der Waals surface area (Å²) in [6.45, 7) is 10.7. The Morgan fingerprint density at radius 1 is 0.159 bits per heavy atom. The number of aryl methyl sites for hydroxylation is 5. The molecule has 336 valence electrons. The van der Waals surface area contributed by atoms with Gasteiger partial charge in [-0.2, -0.15) is 0 Å². The zero-order valence-corrected chi connectivity index (χ0v) is 40.0. The van der Waals surface area contributed by atoms with Gasteiger partial charge in [0.15, 0.2) is 0 Å². The van der Waals surface area contributed by atoms with E-state index >= 15 is 0 Å². The lowest BCUT2D eigenvalue weighted by Gasteiger charge is -2.29. The molecule has 10 aromatic carbocycles. The largest absolute Gasteiger partial charge is 0.311 e. The Balaban J connectivity index is 0.939. The van der Waals surface area contributed by atoms with E-state index in [1.807, 2.05) is 0 Å². The molecule has 69 heavy (non-hydrogen) atoms. The third-order valence-electron chi connectivity index (χ3n) is 12.8. The van der Waals surface area contributed by atoms with Gasteiger partial charge in [0.2, 0.25) is 0 Å². The standard InChI is InChI=1S/C65H56N4/c1-47-11-25-55(26-12-47)67(56-27-13-48(2)14-28-56)63-41-39-62(40-42-63)66(54-9-7-6-8-10-54)60-35-21-52(22-36-60)53-23-37-61(38-24-53)69(59-33-19-51(5)20-34-59)65-45-43-64(44-46-65)68(57-29-15-49(3)16-30-57)58-31-17-50(4)18-32-58/h6-46H,1-5H3. The molecular formula is C65H56N4. The second-order valence-corrected chi connectivity index (χ2v) is 18.0. The molecular weight excluding hydrogens is 837 g/mol. The molecule has 0 aliphatic rings. The van der Waals surface area contributed by atoms with Crippen molar-refractivity contribution in [1.29, 1.82) is 0 Å². The first-order valence-electron chi connectivity index (χ1n) is 23.7. The highest BCUT2D eigenvalue weighted by atomic mass is 15.2. The summed E-state index contributed by atoms with van der Waals surface area (Å²) in [5, 5.41) is 0. The van der Waals surface area contributed by atoms with Crippen molar-refractivity contribution in [3.8, 4) is 11.1 Å². The molecule has 4 nitrogen and oxygen atoms in total. The van der Waals surface area contributed by atoms with Crippen LogP contribution in [0.1, 0.15) is 27.8 Å². The fourth-order valence-electron chi connectivity index (χ4n) is 8.94. The molecule has 0 radical (unpaired) electrons. The third kappa shape index (κ3) is 9.79. The summed E-state index contributed by atoms with van der Waals surface area (Å²) in [6, 6.07) is 90.0. The lowest BCUT2D eigenvalue weighted by atomic mass is 10.0. The van der Waals surface area contributed by atoms with E-state index < -0.39 is 0 Å². The molecule has 0 fully saturated rings. The van der Waals surface area contributed by atoms with Crippen LogP contribution in [0.25, 0.3) is 11.1 Å². The fraction of sp³-hybridized carbons (Fsp3) is 0.0769. The first kappa shape index (κ1) is 44.2. The normalized spacial score (nSPS) is 11.0. The molecule has 0 bridgehead atoms. The lowest BCUT2D eigenvalue weighted by molar-refractivity contribution is 1.25. The molecule has 0 unspecified atom stereocenters. The summed E-state index contributed by atoms with van der Waals surface area (Å²) in [7, 11) is 0. The number of hydrogen-bond acceptors (Lipinski definition) is 4. The number of para-hydroxylation sites is 1. The van der Waals surface area contributed by atoms with Crippen LogP contribution in [0.3, 0.4) is 0 Å². The highest BCUT2D eigenvalue weighted by molar-refractivity contribution is 5.84. The second-order valence-electron chi connectivity index (χ2n) is 18.0. The van der Waals surface area contributed by atoms with Crippen molar-refractivity contribution in [1.82, 2.24) is 0 Å². The maximum absolute atomic E-state index is 2.34. The molecule has 10 rings (SSSR count). The molecule has 0 saturated heterocycles. The molecule has 0 aliphatic heterocycles. The minimum absolute atomic E-state index is 1.08. The predicted molar refractivity (Wildman–Crippen MR) is 294 cm³/mol. The lowest BCUT2D eigenvalue weighted by Crippen LogP contribution is -2.12. The Hall–Kier alpha value is -8.60. The van der Waals surface area contributed by atoms with E-state index in [-0.39, 0.29) is 0 Å². The maximum atomic E-state index is 2.34. The SMILES string of the molecule is Cc1ccc(N(c2ccc(C)cc2)c2ccc(N(c3ccccc3)c3ccc(-c4ccc(N(c5ccc(C)cc5)c5ccc(N(c6ccc(C)cc6)c6ccc(C)cc6)cc5)cc4)cc3)cc2)cc1. The first-order chi connectivity index (χ1) is 33.7. The van der Waals surface area contributed by atoms with Gasteiger partial charge in [0.1, 0.15) is 0 Å². The summed E-state index contributed by atoms with van der Waals surface area (Å²) in [4.78, 5) is 9.30. The molecule has 0 spiro atoms. The molecule has 0 heterocycles. The van der Waals surface area contributed by atoms with Crippen molar-refractivity contribution in [3.05, 3.63) is 277 Å². The second kappa shape index (κ2) is 19.7. The van der Waals surface area contributed by atoms with Crippen LogP contribution in [0, 0.1) is 34.6 Å². The Kier molecular flexibility index (Phi) is 12.6. The van der Waals surface area contributed by atoms with Crippen molar-refractivity contribution in [2.75, 3.05) is 19.6 Å². The minimum Gasteiger partial charge on any atom is -0.311 e. The van der Waals surface area contributed by atoms with Gasteiger partial charge in [-0.1, -0.05) is 131 Å². The topological polar surface area (TPSA) is 13.0 Å². The van der Waals surface area contributed by atoms with Crippen LogP contribution in [0.15, 0.2) is 249 Å². The number of hydrogen-bond donors (Lipinski definition) is 0. The maximum Gasteiger partial charge on any atom is 0.0463 e. The van der Waals surface area contributed by atoms with E-state index in [1.165, 1.54) is 27.8 Å². The van der Waals surface area contributed by atoms with E-state index in [1.54, 1.807) is 0 Å². The first-order valence-corrected chi connectivity index (χ1v) is 23.7. The molecule has 0 aromatic heterocycles. The van der Waals surface area contributed by atoms with Gasteiger partial charge in [0, 0.05) is 68.2 Å². The number of rotatable bonds is 13. The zero-order chi connectivity index (χ0) is 47.3. The third-order valence-corrected chi connectivity index (χ3v) is 12.8. The van der Waals surface area contributed by atoms with Gasteiger partial charge in [0.05, 0.1) is 0 Å². The summed E-state index contributed by atoms with van der Waals surface area (Å²) in [5.41, 5.74) is 21.7. The van der Waals surface area contributed by atoms with Gasteiger partial charge in [-0.15, -0.1) is 0 Å². The van der Waals surface area contributed by atoms with Gasteiger partial charge >= 0.3 is 0 Å². The average molecular weight is 893 g/mol. The average Bonchev–Trinajstić information content (AvgIpc) is 3.39. The van der Waals surface area contributed by atoms with Crippen LogP contribution in [-0.2, 0) is 0 Å². The highest BCUT2D eigenvalue weighted by Gasteiger charge is 2.19. The van der Waals surface area contributed by atoms with Crippen molar-refractivity contribution in [2.24, 2.45) is 0 Å². The Labute approximate surface area is 408 Å². The van der Waals surface area contributed by atoms with E-state index in [2.05, 4.69) is 303 Å². The summed E-state index contributed by atoms with van der Waals surface area (Å²) in [5.74, 6) is 0. The van der Waals surface area contributed by atoms with Crippen molar-refractivity contribution in [2.45, 2.75) is 34.6 Å². The zero-order valence-electron chi connectivity index (χ0n) is 40.0. The molecule has 0 aliphatic carbocycles. The van der Waals surface area contributed by atoms with Crippen molar-refractivity contribution in [3.63, 3.8) is 0 Å². The van der Waals surface area contributed by atoms with Crippen molar-refractivity contribution < 1.29 is 0 Å². The predicted octanol–water partition coefficient (Wildman–Crippen LogP) is 18.8. The molecule has 10 aromatic rings. The smallest absolute Gasteiger partial charge is 0.0463 e. The van der Waals surface area contributed by atoms with Crippen LogP contribution >= 0.6 is 0 Å². The highest BCUT2D eigenvalue weighted by Crippen LogP contribution is 2.42. The van der Waals surface area contributed by atoms with Crippen LogP contribution in [0.5, 0.6) is 0 Å². The Morgan fingerprint density at radius 3 is 0.493 bits per heavy atom.